The molecule has 0 aromatic carbocycles. The van der Waals surface area contributed by atoms with Crippen LogP contribution >= 0.6 is 12.6 Å². The molecule has 0 atom stereocenters. The van der Waals surface area contributed by atoms with Crippen LogP contribution in [0.1, 0.15) is 0 Å². The summed E-state index contributed by atoms with van der Waals surface area (Å²) in [4.78, 5) is 4.80. The van der Waals surface area contributed by atoms with Crippen LogP contribution in [-0.4, -0.2) is 55.3 Å². The Labute approximate surface area is 68.6 Å². The lowest BCUT2D eigenvalue weighted by atomic mass is 10.3. The monoisotopic (exact) mass is 159 g/mol. The summed E-state index contributed by atoms with van der Waals surface area (Å²) in [6.07, 6.45) is 0. The van der Waals surface area contributed by atoms with Crippen LogP contribution in [0, 0.1) is 0 Å². The minimum atomic E-state index is 0.879. The summed E-state index contributed by atoms with van der Waals surface area (Å²) in [5.74, 6) is 0.879. The van der Waals surface area contributed by atoms with E-state index in [2.05, 4.69) is 16.8 Å². The van der Waals surface area contributed by atoms with E-state index in [0.717, 1.165) is 12.3 Å². The highest BCUT2D eigenvalue weighted by Gasteiger charge is 2.11. The van der Waals surface area contributed by atoms with E-state index in [-0.39, 0.29) is 0 Å². The molecular formula is C7H15N2S. The van der Waals surface area contributed by atoms with Gasteiger partial charge in [0.15, 0.2) is 0 Å². The third kappa shape index (κ3) is 2.48. The SMILES string of the molecule is CN1CCN(CC[S])CC1. The minimum absolute atomic E-state index is 0.879. The van der Waals surface area contributed by atoms with Crippen molar-refractivity contribution in [1.29, 1.82) is 0 Å². The summed E-state index contributed by atoms with van der Waals surface area (Å²) >= 11 is 4.91. The molecule has 1 aliphatic rings. The average molecular weight is 159 g/mol. The van der Waals surface area contributed by atoms with Crippen LogP contribution in [0.15, 0.2) is 0 Å². The van der Waals surface area contributed by atoms with Gasteiger partial charge in [0, 0.05) is 38.5 Å². The Morgan fingerprint density at radius 1 is 1.20 bits per heavy atom. The van der Waals surface area contributed by atoms with Crippen LogP contribution in [0.4, 0.5) is 0 Å². The van der Waals surface area contributed by atoms with E-state index in [1.807, 2.05) is 0 Å². The number of hydrogen-bond acceptors (Lipinski definition) is 2. The van der Waals surface area contributed by atoms with E-state index in [4.69, 9.17) is 12.6 Å². The first-order valence-electron chi connectivity index (χ1n) is 3.82. The van der Waals surface area contributed by atoms with E-state index in [9.17, 15) is 0 Å². The topological polar surface area (TPSA) is 6.48 Å². The summed E-state index contributed by atoms with van der Waals surface area (Å²) < 4.78 is 0. The summed E-state index contributed by atoms with van der Waals surface area (Å²) in [7, 11) is 2.17. The summed E-state index contributed by atoms with van der Waals surface area (Å²) in [6.45, 7) is 5.91. The van der Waals surface area contributed by atoms with Crippen LogP contribution in [-0.2, 0) is 0 Å². The molecule has 3 heteroatoms. The third-order valence-corrected chi connectivity index (χ3v) is 2.19. The first-order chi connectivity index (χ1) is 4.83. The second-order valence-electron chi connectivity index (χ2n) is 2.85. The van der Waals surface area contributed by atoms with Gasteiger partial charge in [0.1, 0.15) is 0 Å². The molecule has 0 amide bonds. The zero-order valence-electron chi connectivity index (χ0n) is 6.55. The van der Waals surface area contributed by atoms with Gasteiger partial charge in [-0.3, -0.25) is 4.90 Å². The van der Waals surface area contributed by atoms with Crippen molar-refractivity contribution in [2.24, 2.45) is 0 Å². The van der Waals surface area contributed by atoms with E-state index in [0.29, 0.717) is 0 Å². The minimum Gasteiger partial charge on any atom is -0.304 e. The summed E-state index contributed by atoms with van der Waals surface area (Å²) in [6, 6.07) is 0. The van der Waals surface area contributed by atoms with Gasteiger partial charge in [-0.25, -0.2) is 0 Å². The average Bonchev–Trinajstić information content (AvgIpc) is 1.95. The second-order valence-corrected chi connectivity index (χ2v) is 3.26. The Hall–Kier alpha value is 0.270. The molecule has 0 aliphatic carbocycles. The van der Waals surface area contributed by atoms with Gasteiger partial charge in [-0.1, -0.05) is 12.6 Å². The molecule has 0 spiro atoms. The van der Waals surface area contributed by atoms with Crippen molar-refractivity contribution in [1.82, 2.24) is 9.80 Å². The molecule has 1 rings (SSSR count). The molecule has 1 heterocycles. The molecule has 2 nitrogen and oxygen atoms in total. The lowest BCUT2D eigenvalue weighted by molar-refractivity contribution is 0.161. The van der Waals surface area contributed by atoms with Crippen molar-refractivity contribution < 1.29 is 0 Å². The second kappa shape index (κ2) is 4.21. The first-order valence-corrected chi connectivity index (χ1v) is 4.39. The van der Waals surface area contributed by atoms with E-state index >= 15 is 0 Å². The molecular weight excluding hydrogens is 144 g/mol. The highest BCUT2D eigenvalue weighted by atomic mass is 32.1. The molecule has 10 heavy (non-hydrogen) atoms. The molecule has 1 aliphatic heterocycles. The normalized spacial score (nSPS) is 23.4. The van der Waals surface area contributed by atoms with Gasteiger partial charge in [0.05, 0.1) is 0 Å². The zero-order chi connectivity index (χ0) is 7.40. The van der Waals surface area contributed by atoms with Gasteiger partial charge in [0.2, 0.25) is 0 Å². The molecule has 0 aromatic heterocycles. The quantitative estimate of drug-likeness (QED) is 0.576. The molecule has 1 saturated heterocycles. The molecule has 0 bridgehead atoms. The fraction of sp³-hybridized carbons (Fsp3) is 1.00. The van der Waals surface area contributed by atoms with Crippen molar-refractivity contribution in [3.05, 3.63) is 0 Å². The smallest absolute Gasteiger partial charge is 0.0165 e. The number of piperazine rings is 1. The fourth-order valence-corrected chi connectivity index (χ4v) is 1.46. The molecule has 0 saturated carbocycles. The highest BCUT2D eigenvalue weighted by Crippen LogP contribution is 1.98. The van der Waals surface area contributed by atoms with E-state index < -0.39 is 0 Å². The van der Waals surface area contributed by atoms with Crippen molar-refractivity contribution in [3.8, 4) is 0 Å². The van der Waals surface area contributed by atoms with Crippen LogP contribution in [0.3, 0.4) is 0 Å². The number of likely N-dealkylation sites (N-methyl/N-ethyl adjacent to an activating group) is 1. The predicted molar refractivity (Wildman–Crippen MR) is 46.4 cm³/mol. The maximum absolute atomic E-state index is 4.91. The zero-order valence-corrected chi connectivity index (χ0v) is 7.36. The Kier molecular flexibility index (Phi) is 3.52. The van der Waals surface area contributed by atoms with Gasteiger partial charge in [-0.15, -0.1) is 0 Å². The van der Waals surface area contributed by atoms with Crippen molar-refractivity contribution >= 4 is 12.6 Å². The van der Waals surface area contributed by atoms with Crippen LogP contribution in [0.25, 0.3) is 0 Å². The van der Waals surface area contributed by atoms with Gasteiger partial charge in [-0.2, -0.15) is 0 Å². The van der Waals surface area contributed by atoms with Gasteiger partial charge in [0.25, 0.3) is 0 Å². The Morgan fingerprint density at radius 3 is 2.30 bits per heavy atom. The van der Waals surface area contributed by atoms with E-state index in [1.165, 1.54) is 26.2 Å². The molecule has 59 valence electrons. The predicted octanol–water partition coefficient (Wildman–Crippen LogP) is 0.431. The molecule has 0 aromatic rings. The Bertz CT molecular complexity index is 89.6. The third-order valence-electron chi connectivity index (χ3n) is 2.00. The van der Waals surface area contributed by atoms with E-state index in [1.54, 1.807) is 0 Å². The number of rotatable bonds is 2. The van der Waals surface area contributed by atoms with Crippen molar-refractivity contribution in [2.45, 2.75) is 0 Å². The Morgan fingerprint density at radius 2 is 1.80 bits per heavy atom. The van der Waals surface area contributed by atoms with Gasteiger partial charge < -0.3 is 4.90 Å². The standard InChI is InChI=1S/C7H15N2S/c1-8-2-4-9(5-3-8)6-7-10/h2-7H2,1H3. The lowest BCUT2D eigenvalue weighted by Crippen LogP contribution is -2.44. The maximum atomic E-state index is 4.91. The summed E-state index contributed by atoms with van der Waals surface area (Å²) in [5, 5.41) is 0. The Balaban J connectivity index is 2.13. The highest BCUT2D eigenvalue weighted by molar-refractivity contribution is 7.80. The van der Waals surface area contributed by atoms with Crippen LogP contribution < -0.4 is 0 Å². The van der Waals surface area contributed by atoms with Crippen molar-refractivity contribution in [2.75, 3.05) is 45.5 Å². The lowest BCUT2D eigenvalue weighted by Gasteiger charge is -2.31. The molecule has 1 fully saturated rings. The number of hydrogen-bond donors (Lipinski definition) is 0. The molecule has 1 radical (unpaired) electrons. The largest absolute Gasteiger partial charge is 0.304 e. The molecule has 0 N–H and O–H groups in total. The van der Waals surface area contributed by atoms with Crippen LogP contribution in [0.2, 0.25) is 0 Å². The van der Waals surface area contributed by atoms with Crippen molar-refractivity contribution in [3.63, 3.8) is 0 Å². The summed E-state index contributed by atoms with van der Waals surface area (Å²) in [5.41, 5.74) is 0. The first kappa shape index (κ1) is 8.37. The number of nitrogens with zero attached hydrogens (tertiary/aromatic N) is 2. The van der Waals surface area contributed by atoms with Gasteiger partial charge in [-0.05, 0) is 7.05 Å². The molecule has 0 unspecified atom stereocenters. The maximum Gasteiger partial charge on any atom is 0.0165 e. The van der Waals surface area contributed by atoms with Crippen LogP contribution in [0.5, 0.6) is 0 Å². The van der Waals surface area contributed by atoms with Gasteiger partial charge >= 0.3 is 0 Å². The fourth-order valence-electron chi connectivity index (χ4n) is 1.20.